The third kappa shape index (κ3) is 5.57. The van der Waals surface area contributed by atoms with Gasteiger partial charge in [0.1, 0.15) is 23.4 Å². The average Bonchev–Trinajstić information content (AvgIpc) is 3.50. The Morgan fingerprint density at radius 3 is 2.70 bits per heavy atom. The predicted octanol–water partition coefficient (Wildman–Crippen LogP) is 3.30. The molecule has 10 nitrogen and oxygen atoms in total. The number of hydrogen-bond donors (Lipinski definition) is 3. The van der Waals surface area contributed by atoms with E-state index in [0.29, 0.717) is 30.2 Å². The monoisotopic (exact) mass is 539 g/mol. The molecule has 1 aliphatic heterocycles. The Kier molecular flexibility index (Phi) is 7.61. The minimum Gasteiger partial charge on any atom is -0.394 e. The van der Waals surface area contributed by atoms with Crippen LogP contribution in [0.3, 0.4) is 0 Å². The lowest BCUT2D eigenvalue weighted by molar-refractivity contribution is -0.126. The van der Waals surface area contributed by atoms with Crippen molar-refractivity contribution in [2.75, 3.05) is 11.9 Å². The second-order valence-corrected chi connectivity index (χ2v) is 10.2. The van der Waals surface area contributed by atoms with Gasteiger partial charge in [-0.25, -0.2) is 9.97 Å². The van der Waals surface area contributed by atoms with Gasteiger partial charge in [-0.1, -0.05) is 35.9 Å². The number of amides is 2. The lowest BCUT2D eigenvalue weighted by Gasteiger charge is -2.25. The first-order valence-corrected chi connectivity index (χ1v) is 13.2. The fraction of sp³-hybridized carbons (Fsp3) is 0.300. The first-order chi connectivity index (χ1) is 19.2. The van der Waals surface area contributed by atoms with Crippen LogP contribution < -0.4 is 10.6 Å². The Hall–Kier alpha value is -4.57. The zero-order chi connectivity index (χ0) is 28.4. The van der Waals surface area contributed by atoms with Crippen LogP contribution in [0.1, 0.15) is 39.7 Å². The maximum Gasteiger partial charge on any atom is 0.273 e. The van der Waals surface area contributed by atoms with Crippen LogP contribution in [0.4, 0.5) is 11.6 Å². The van der Waals surface area contributed by atoms with E-state index in [9.17, 15) is 14.7 Å². The minimum absolute atomic E-state index is 0.200. The van der Waals surface area contributed by atoms with Crippen molar-refractivity contribution in [2.24, 2.45) is 7.05 Å². The van der Waals surface area contributed by atoms with Crippen molar-refractivity contribution in [2.45, 2.75) is 45.8 Å². The first kappa shape index (κ1) is 27.0. The van der Waals surface area contributed by atoms with Gasteiger partial charge in [0.25, 0.3) is 5.91 Å². The van der Waals surface area contributed by atoms with E-state index >= 15 is 0 Å². The average molecular weight is 540 g/mol. The van der Waals surface area contributed by atoms with E-state index in [4.69, 9.17) is 4.98 Å². The number of anilines is 2. The molecule has 0 saturated heterocycles. The third-order valence-corrected chi connectivity index (χ3v) is 7.22. The van der Waals surface area contributed by atoms with Gasteiger partial charge in [-0.05, 0) is 50.5 Å². The van der Waals surface area contributed by atoms with Gasteiger partial charge < -0.3 is 20.6 Å². The Bertz CT molecular complexity index is 1560. The Morgan fingerprint density at radius 2 is 1.98 bits per heavy atom. The molecule has 3 aromatic heterocycles. The van der Waals surface area contributed by atoms with E-state index in [1.165, 1.54) is 4.90 Å². The summed E-state index contributed by atoms with van der Waals surface area (Å²) in [4.78, 5) is 37.2. The van der Waals surface area contributed by atoms with Gasteiger partial charge >= 0.3 is 0 Å². The minimum atomic E-state index is -0.728. The maximum atomic E-state index is 13.4. The van der Waals surface area contributed by atoms with E-state index in [1.807, 2.05) is 69.4 Å². The molecule has 2 atom stereocenters. The molecule has 0 aliphatic carbocycles. The number of hydrogen-bond acceptors (Lipinski definition) is 7. The molecule has 4 aromatic rings. The van der Waals surface area contributed by atoms with Crippen molar-refractivity contribution in [1.82, 2.24) is 30.0 Å². The Morgan fingerprint density at radius 1 is 1.15 bits per heavy atom. The molecule has 2 amide bonds. The molecular formula is C30H33N7O3. The third-order valence-electron chi connectivity index (χ3n) is 7.22. The van der Waals surface area contributed by atoms with Gasteiger partial charge in [-0.2, -0.15) is 5.10 Å². The summed E-state index contributed by atoms with van der Waals surface area (Å²) in [6.07, 6.45) is 3.96. The zero-order valence-electron chi connectivity index (χ0n) is 23.0. The molecule has 4 heterocycles. The highest BCUT2D eigenvalue weighted by atomic mass is 16.3. The van der Waals surface area contributed by atoms with E-state index in [0.717, 1.165) is 33.6 Å². The van der Waals surface area contributed by atoms with Gasteiger partial charge in [0.15, 0.2) is 0 Å². The van der Waals surface area contributed by atoms with Gasteiger partial charge in [-0.15, -0.1) is 0 Å². The SMILES string of the molecule is Cc1cccc(C[C@@H](CO)NC(=O)[C@@H](C)N2Cc3ccc(-c4cc(Nc5ccnn5C)ncc4C)nc3C2=O)c1. The van der Waals surface area contributed by atoms with Gasteiger partial charge in [0.2, 0.25) is 5.91 Å². The number of aromatic nitrogens is 4. The molecule has 0 unspecified atom stereocenters. The van der Waals surface area contributed by atoms with Crippen molar-refractivity contribution in [3.05, 3.63) is 88.9 Å². The van der Waals surface area contributed by atoms with Crippen molar-refractivity contribution < 1.29 is 14.7 Å². The van der Waals surface area contributed by atoms with E-state index < -0.39 is 12.1 Å². The first-order valence-electron chi connectivity index (χ1n) is 13.2. The van der Waals surface area contributed by atoms with Crippen LogP contribution in [-0.4, -0.2) is 60.3 Å². The smallest absolute Gasteiger partial charge is 0.273 e. The summed E-state index contributed by atoms with van der Waals surface area (Å²) < 4.78 is 1.71. The van der Waals surface area contributed by atoms with Crippen LogP contribution in [0.5, 0.6) is 0 Å². The molecule has 0 bridgehead atoms. The number of aliphatic hydroxyl groups excluding tert-OH is 1. The highest BCUT2D eigenvalue weighted by Gasteiger charge is 2.36. The lowest BCUT2D eigenvalue weighted by Crippen LogP contribution is -2.50. The molecule has 1 aliphatic rings. The van der Waals surface area contributed by atoms with E-state index in [-0.39, 0.29) is 18.4 Å². The standard InChI is InChI=1S/C30H33N7O3/c1-18-6-5-7-21(12-18)13-23(17-38)33-29(39)20(3)37-16-22-8-9-25(34-28(22)30(37)40)24-14-26(31-15-19(24)2)35-27-10-11-32-36(27)4/h5-12,14-15,20,23,38H,13,16-17H2,1-4H3,(H,31,35)(H,33,39)/t20-,23+/m1/s1. The molecular weight excluding hydrogens is 506 g/mol. The Balaban J connectivity index is 1.30. The van der Waals surface area contributed by atoms with E-state index in [1.54, 1.807) is 24.0 Å². The number of nitrogens with zero attached hydrogens (tertiary/aromatic N) is 5. The number of benzene rings is 1. The molecule has 5 rings (SSSR count). The Labute approximate surface area is 233 Å². The number of aliphatic hydroxyl groups is 1. The number of carbonyl (C=O) groups is 2. The molecule has 0 fully saturated rings. The van der Waals surface area contributed by atoms with Crippen LogP contribution in [0.15, 0.2) is 60.9 Å². The molecule has 0 radical (unpaired) electrons. The topological polar surface area (TPSA) is 125 Å². The highest BCUT2D eigenvalue weighted by Crippen LogP contribution is 2.30. The summed E-state index contributed by atoms with van der Waals surface area (Å²) in [7, 11) is 1.84. The summed E-state index contributed by atoms with van der Waals surface area (Å²) in [5.41, 5.74) is 5.67. The van der Waals surface area contributed by atoms with Crippen LogP contribution >= 0.6 is 0 Å². The molecule has 3 N–H and O–H groups in total. The molecule has 10 heteroatoms. The molecule has 0 spiro atoms. The molecule has 0 saturated carbocycles. The quantitative estimate of drug-likeness (QED) is 0.298. The fourth-order valence-corrected chi connectivity index (χ4v) is 4.90. The molecule has 40 heavy (non-hydrogen) atoms. The number of nitrogens with one attached hydrogen (secondary N) is 2. The summed E-state index contributed by atoms with van der Waals surface area (Å²) in [5, 5.41) is 20.2. The summed E-state index contributed by atoms with van der Waals surface area (Å²) in [5.74, 6) is 0.820. The van der Waals surface area contributed by atoms with Crippen LogP contribution in [0.2, 0.25) is 0 Å². The van der Waals surface area contributed by atoms with Gasteiger partial charge in [-0.3, -0.25) is 14.3 Å². The van der Waals surface area contributed by atoms with Crippen LogP contribution in [0.25, 0.3) is 11.3 Å². The lowest BCUT2D eigenvalue weighted by atomic mass is 10.0. The van der Waals surface area contributed by atoms with Crippen molar-refractivity contribution >= 4 is 23.5 Å². The molecule has 206 valence electrons. The predicted molar refractivity (Wildman–Crippen MR) is 152 cm³/mol. The second-order valence-electron chi connectivity index (χ2n) is 10.2. The maximum absolute atomic E-state index is 13.4. The van der Waals surface area contributed by atoms with Crippen molar-refractivity contribution in [3.63, 3.8) is 0 Å². The van der Waals surface area contributed by atoms with Crippen LogP contribution in [-0.2, 0) is 24.8 Å². The fourth-order valence-electron chi connectivity index (χ4n) is 4.90. The summed E-state index contributed by atoms with van der Waals surface area (Å²) >= 11 is 0. The van der Waals surface area contributed by atoms with Crippen LogP contribution in [0, 0.1) is 13.8 Å². The molecule has 1 aromatic carbocycles. The largest absolute Gasteiger partial charge is 0.394 e. The zero-order valence-corrected chi connectivity index (χ0v) is 23.0. The van der Waals surface area contributed by atoms with Crippen molar-refractivity contribution in [1.29, 1.82) is 0 Å². The summed E-state index contributed by atoms with van der Waals surface area (Å²) in [6, 6.07) is 14.3. The number of rotatable bonds is 9. The number of carbonyl (C=O) groups excluding carboxylic acids is 2. The number of fused-ring (bicyclic) bond motifs is 1. The normalized spacial score (nSPS) is 14.1. The number of aryl methyl sites for hydroxylation is 3. The number of pyridine rings is 2. The van der Waals surface area contributed by atoms with Crippen molar-refractivity contribution in [3.8, 4) is 11.3 Å². The highest BCUT2D eigenvalue weighted by molar-refractivity contribution is 6.00. The van der Waals surface area contributed by atoms with Gasteiger partial charge in [0.05, 0.1) is 24.5 Å². The van der Waals surface area contributed by atoms with E-state index in [2.05, 4.69) is 20.7 Å². The summed E-state index contributed by atoms with van der Waals surface area (Å²) in [6.45, 7) is 5.74. The van der Waals surface area contributed by atoms with Gasteiger partial charge in [0, 0.05) is 37.0 Å². The second kappa shape index (κ2) is 11.3.